The van der Waals surface area contributed by atoms with Gasteiger partial charge in [0, 0.05) is 50.4 Å². The Kier molecular flexibility index (Phi) is 6.31. The van der Waals surface area contributed by atoms with Gasteiger partial charge in [0.15, 0.2) is 17.5 Å². The summed E-state index contributed by atoms with van der Waals surface area (Å²) in [6.45, 7) is 0. The number of nitrogens with zero attached hydrogens (tertiary/aromatic N) is 3. The van der Waals surface area contributed by atoms with E-state index in [0.29, 0.717) is 17.5 Å². The summed E-state index contributed by atoms with van der Waals surface area (Å²) in [5.41, 5.74) is 8.59. The van der Waals surface area contributed by atoms with Crippen LogP contribution in [0.4, 0.5) is 0 Å². The zero-order valence-electron chi connectivity index (χ0n) is 28.0. The van der Waals surface area contributed by atoms with Gasteiger partial charge in [-0.3, -0.25) is 0 Å². The summed E-state index contributed by atoms with van der Waals surface area (Å²) >= 11 is 0. The summed E-state index contributed by atoms with van der Waals surface area (Å²) in [6.07, 6.45) is 3.88. The molecule has 3 aromatic heterocycles. The van der Waals surface area contributed by atoms with Gasteiger partial charge in [0.05, 0.1) is 0 Å². The number of aromatic nitrogens is 3. The number of rotatable bonds is 4. The van der Waals surface area contributed by atoms with E-state index in [2.05, 4.69) is 133 Å². The first-order chi connectivity index (χ1) is 25.7. The van der Waals surface area contributed by atoms with Crippen LogP contribution in [0.3, 0.4) is 0 Å². The molecule has 244 valence electrons. The molecule has 0 N–H and O–H groups in total. The van der Waals surface area contributed by atoms with Gasteiger partial charge in [0.2, 0.25) is 0 Å². The lowest BCUT2D eigenvalue weighted by Gasteiger charge is -2.15. The molecule has 7 aromatic carbocycles. The van der Waals surface area contributed by atoms with E-state index in [9.17, 15) is 0 Å². The number of para-hydroxylation sites is 2. The number of aryl methyl sites for hydroxylation is 1. The van der Waals surface area contributed by atoms with Crippen LogP contribution < -0.4 is 0 Å². The minimum atomic E-state index is 0.638. The second-order valence-electron chi connectivity index (χ2n) is 13.5. The van der Waals surface area contributed by atoms with Crippen LogP contribution in [0, 0.1) is 0 Å². The molecule has 0 saturated carbocycles. The molecule has 1 aliphatic rings. The van der Waals surface area contributed by atoms with Crippen molar-refractivity contribution < 1.29 is 8.83 Å². The lowest BCUT2D eigenvalue weighted by molar-refractivity contribution is 0.546. The molecule has 3 heterocycles. The third-order valence-electron chi connectivity index (χ3n) is 10.4. The van der Waals surface area contributed by atoms with Crippen LogP contribution in [-0.2, 0) is 6.42 Å². The zero-order valence-corrected chi connectivity index (χ0v) is 28.0. The summed E-state index contributed by atoms with van der Waals surface area (Å²) in [6, 6.07) is 50.6. The molecular formula is C47H29N3O2. The highest BCUT2D eigenvalue weighted by Gasteiger charge is 2.26. The normalized spacial score (nSPS) is 13.0. The van der Waals surface area contributed by atoms with Gasteiger partial charge in [0.25, 0.3) is 0 Å². The lowest BCUT2D eigenvalue weighted by Crippen LogP contribution is -2.06. The highest BCUT2D eigenvalue weighted by molar-refractivity contribution is 6.08. The first-order valence-corrected chi connectivity index (χ1v) is 17.6. The minimum Gasteiger partial charge on any atom is -0.460 e. The van der Waals surface area contributed by atoms with Crippen molar-refractivity contribution in [1.82, 2.24) is 15.0 Å². The number of benzene rings is 7. The number of furan rings is 2. The fourth-order valence-electron chi connectivity index (χ4n) is 7.82. The number of allylic oxidation sites excluding steroid dienone is 1. The van der Waals surface area contributed by atoms with Crippen molar-refractivity contribution >= 4 is 60.0 Å². The quantitative estimate of drug-likeness (QED) is 0.187. The van der Waals surface area contributed by atoms with Gasteiger partial charge < -0.3 is 8.83 Å². The number of fused-ring (bicyclic) bond motifs is 8. The highest BCUT2D eigenvalue weighted by Crippen LogP contribution is 2.43. The van der Waals surface area contributed by atoms with Gasteiger partial charge in [-0.1, -0.05) is 121 Å². The Morgan fingerprint density at radius 3 is 1.81 bits per heavy atom. The molecule has 5 nitrogen and oxygen atoms in total. The average Bonchev–Trinajstić information content (AvgIpc) is 3.78. The van der Waals surface area contributed by atoms with E-state index in [1.165, 1.54) is 10.8 Å². The van der Waals surface area contributed by atoms with Crippen molar-refractivity contribution in [2.45, 2.75) is 12.8 Å². The van der Waals surface area contributed by atoms with Gasteiger partial charge >= 0.3 is 0 Å². The Morgan fingerprint density at radius 2 is 1.06 bits per heavy atom. The monoisotopic (exact) mass is 667 g/mol. The summed E-state index contributed by atoms with van der Waals surface area (Å²) in [5.74, 6) is 2.86. The average molecular weight is 668 g/mol. The fraction of sp³-hybridized carbons (Fsp3) is 0.0426. The molecule has 0 fully saturated rings. The van der Waals surface area contributed by atoms with Crippen LogP contribution in [0.25, 0.3) is 93.9 Å². The van der Waals surface area contributed by atoms with Crippen LogP contribution in [0.2, 0.25) is 0 Å². The number of hydrogen-bond acceptors (Lipinski definition) is 5. The maximum atomic E-state index is 6.78. The summed E-state index contributed by atoms with van der Waals surface area (Å²) in [7, 11) is 0. The molecule has 11 rings (SSSR count). The van der Waals surface area contributed by atoms with Crippen LogP contribution in [0.1, 0.15) is 23.6 Å². The second-order valence-corrected chi connectivity index (χ2v) is 13.5. The predicted octanol–water partition coefficient (Wildman–Crippen LogP) is 12.2. The third kappa shape index (κ3) is 4.60. The Balaban J connectivity index is 1.08. The van der Waals surface area contributed by atoms with Gasteiger partial charge in [-0.15, -0.1) is 0 Å². The third-order valence-corrected chi connectivity index (χ3v) is 10.4. The number of hydrogen-bond donors (Lipinski definition) is 0. The maximum Gasteiger partial charge on any atom is 0.164 e. The van der Waals surface area contributed by atoms with E-state index in [1.807, 2.05) is 18.2 Å². The zero-order chi connectivity index (χ0) is 34.2. The maximum absolute atomic E-state index is 6.78. The first kappa shape index (κ1) is 28.9. The van der Waals surface area contributed by atoms with Gasteiger partial charge in [-0.05, 0) is 63.9 Å². The summed E-state index contributed by atoms with van der Waals surface area (Å²) in [4.78, 5) is 15.5. The van der Waals surface area contributed by atoms with E-state index in [-0.39, 0.29) is 0 Å². The van der Waals surface area contributed by atoms with E-state index in [0.717, 1.165) is 95.7 Å². The molecule has 52 heavy (non-hydrogen) atoms. The molecule has 0 spiro atoms. The predicted molar refractivity (Wildman–Crippen MR) is 210 cm³/mol. The molecule has 0 aliphatic heterocycles. The van der Waals surface area contributed by atoms with Gasteiger partial charge in [-0.2, -0.15) is 0 Å². The molecule has 0 unspecified atom stereocenters. The molecule has 0 radical (unpaired) electrons. The van der Waals surface area contributed by atoms with Gasteiger partial charge in [-0.25, -0.2) is 15.0 Å². The minimum absolute atomic E-state index is 0.638. The molecule has 1 aliphatic carbocycles. The molecule has 0 bridgehead atoms. The fourth-order valence-corrected chi connectivity index (χ4v) is 7.82. The second kappa shape index (κ2) is 11.3. The van der Waals surface area contributed by atoms with Gasteiger partial charge in [0.1, 0.15) is 22.5 Å². The van der Waals surface area contributed by atoms with Crippen molar-refractivity contribution in [3.8, 4) is 33.9 Å². The van der Waals surface area contributed by atoms with Crippen LogP contribution in [-0.4, -0.2) is 15.0 Å². The Bertz CT molecular complexity index is 3000. The van der Waals surface area contributed by atoms with E-state index < -0.39 is 0 Å². The van der Waals surface area contributed by atoms with E-state index >= 15 is 0 Å². The van der Waals surface area contributed by atoms with Crippen molar-refractivity contribution in [2.75, 3.05) is 0 Å². The largest absolute Gasteiger partial charge is 0.460 e. The van der Waals surface area contributed by atoms with Crippen LogP contribution in [0.15, 0.2) is 161 Å². The van der Waals surface area contributed by atoms with Crippen molar-refractivity contribution in [3.05, 3.63) is 169 Å². The van der Waals surface area contributed by atoms with Crippen molar-refractivity contribution in [2.24, 2.45) is 0 Å². The summed E-state index contributed by atoms with van der Waals surface area (Å²) in [5, 5.41) is 7.90. The smallest absolute Gasteiger partial charge is 0.164 e. The molecule has 5 heteroatoms. The van der Waals surface area contributed by atoms with E-state index in [4.69, 9.17) is 23.8 Å². The SMILES string of the molecule is C1=C(c2nc(-c3ccc4ccccc4c3)nc(-c3ccc4ccccc4c3)n2)c2c(oc3c(-c4ccc5c(c4)oc4ccccc45)cccc23)CC1. The molecule has 0 saturated heterocycles. The lowest BCUT2D eigenvalue weighted by atomic mass is 9.92. The van der Waals surface area contributed by atoms with Crippen molar-refractivity contribution in [1.29, 1.82) is 0 Å². The molecule has 0 atom stereocenters. The Hall–Kier alpha value is -6.85. The molecular weight excluding hydrogens is 639 g/mol. The Morgan fingerprint density at radius 1 is 0.442 bits per heavy atom. The van der Waals surface area contributed by atoms with Crippen LogP contribution >= 0.6 is 0 Å². The molecule has 10 aromatic rings. The Labute approximate surface area is 298 Å². The molecule has 0 amide bonds. The first-order valence-electron chi connectivity index (χ1n) is 17.6. The van der Waals surface area contributed by atoms with Crippen molar-refractivity contribution in [3.63, 3.8) is 0 Å². The highest BCUT2D eigenvalue weighted by atomic mass is 16.3. The topological polar surface area (TPSA) is 65.0 Å². The van der Waals surface area contributed by atoms with Crippen LogP contribution in [0.5, 0.6) is 0 Å². The van der Waals surface area contributed by atoms with E-state index in [1.54, 1.807) is 0 Å². The summed E-state index contributed by atoms with van der Waals surface area (Å²) < 4.78 is 13.0. The standard InChI is InChI=1S/C47H29N3O2/c1-3-11-30-25-33(21-19-28(30)9-1)45-48-46(34-22-20-29-10-2-4-12-31(29)26-34)50-47(49-45)39-16-8-18-41-43(39)38-15-7-14-35(44(38)52-41)32-23-24-37-36-13-5-6-17-40(36)51-42(37)27-32/h1-7,9-17,19-27H,8,18H2.